The number of rotatable bonds is 8. The van der Waals surface area contributed by atoms with Crippen LogP contribution in [-0.2, 0) is 18.2 Å². The van der Waals surface area contributed by atoms with Crippen LogP contribution in [-0.4, -0.2) is 35.6 Å². The quantitative estimate of drug-likeness (QED) is 0.770. The summed E-state index contributed by atoms with van der Waals surface area (Å²) in [6, 6.07) is 0.394. The molecule has 0 spiro atoms. The van der Waals surface area contributed by atoms with Crippen LogP contribution in [0.15, 0.2) is 12.4 Å². The lowest BCUT2D eigenvalue weighted by Gasteiger charge is -2.29. The predicted octanol–water partition coefficient (Wildman–Crippen LogP) is 2.00. The van der Waals surface area contributed by atoms with Crippen LogP contribution in [0.2, 0.25) is 0 Å². The maximum absolute atomic E-state index is 5.87. The summed E-state index contributed by atoms with van der Waals surface area (Å²) < 4.78 is 7.72. The SMILES string of the molecule is CCOC(C(C)C)C(CCc1cnn(C)c1)NC. The first-order valence-electron chi connectivity index (χ1n) is 6.84. The average molecular weight is 253 g/mol. The van der Waals surface area contributed by atoms with E-state index in [9.17, 15) is 0 Å². The van der Waals surface area contributed by atoms with E-state index in [0.29, 0.717) is 12.0 Å². The van der Waals surface area contributed by atoms with Crippen LogP contribution in [0, 0.1) is 5.92 Å². The molecule has 0 aromatic carbocycles. The molecule has 2 atom stereocenters. The van der Waals surface area contributed by atoms with Gasteiger partial charge in [0.05, 0.1) is 12.3 Å². The second-order valence-electron chi connectivity index (χ2n) is 5.12. The Balaban J connectivity index is 2.54. The summed E-state index contributed by atoms with van der Waals surface area (Å²) in [6.45, 7) is 7.26. The summed E-state index contributed by atoms with van der Waals surface area (Å²) in [5.41, 5.74) is 1.29. The molecule has 1 rings (SSSR count). The molecule has 0 aliphatic carbocycles. The molecule has 4 heteroatoms. The van der Waals surface area contributed by atoms with Gasteiger partial charge in [-0.2, -0.15) is 5.10 Å². The summed E-state index contributed by atoms with van der Waals surface area (Å²) in [5, 5.41) is 7.59. The molecule has 1 N–H and O–H groups in total. The lowest BCUT2D eigenvalue weighted by molar-refractivity contribution is 0.00337. The van der Waals surface area contributed by atoms with Crippen molar-refractivity contribution in [3.05, 3.63) is 18.0 Å². The Labute approximate surface area is 111 Å². The smallest absolute Gasteiger partial charge is 0.0750 e. The van der Waals surface area contributed by atoms with Crippen molar-refractivity contribution in [1.82, 2.24) is 15.1 Å². The number of aromatic nitrogens is 2. The van der Waals surface area contributed by atoms with E-state index < -0.39 is 0 Å². The number of ether oxygens (including phenoxy) is 1. The highest BCUT2D eigenvalue weighted by Gasteiger charge is 2.23. The second-order valence-corrected chi connectivity index (χ2v) is 5.12. The van der Waals surface area contributed by atoms with Crippen molar-refractivity contribution in [2.75, 3.05) is 13.7 Å². The van der Waals surface area contributed by atoms with Crippen LogP contribution in [0.5, 0.6) is 0 Å². The van der Waals surface area contributed by atoms with E-state index in [0.717, 1.165) is 19.4 Å². The molecule has 0 saturated carbocycles. The van der Waals surface area contributed by atoms with Gasteiger partial charge in [0.15, 0.2) is 0 Å². The van der Waals surface area contributed by atoms with Gasteiger partial charge in [-0.15, -0.1) is 0 Å². The van der Waals surface area contributed by atoms with Crippen LogP contribution >= 0.6 is 0 Å². The standard InChI is InChI=1S/C14H27N3O/c1-6-18-14(11(2)3)13(15-4)8-7-12-9-16-17(5)10-12/h9-11,13-15H,6-8H2,1-5H3. The van der Waals surface area contributed by atoms with Crippen LogP contribution in [0.1, 0.15) is 32.8 Å². The monoisotopic (exact) mass is 253 g/mol. The molecule has 0 aliphatic rings. The van der Waals surface area contributed by atoms with Crippen LogP contribution in [0.25, 0.3) is 0 Å². The van der Waals surface area contributed by atoms with Gasteiger partial charge in [-0.3, -0.25) is 4.68 Å². The molecular formula is C14H27N3O. The Morgan fingerprint density at radius 3 is 2.61 bits per heavy atom. The minimum absolute atomic E-state index is 0.275. The van der Waals surface area contributed by atoms with Crippen molar-refractivity contribution in [2.45, 2.75) is 45.8 Å². The first kappa shape index (κ1) is 15.2. The molecule has 2 unspecified atom stereocenters. The van der Waals surface area contributed by atoms with Gasteiger partial charge in [-0.05, 0) is 38.3 Å². The lowest BCUT2D eigenvalue weighted by atomic mass is 9.95. The van der Waals surface area contributed by atoms with Crippen molar-refractivity contribution in [1.29, 1.82) is 0 Å². The Bertz CT molecular complexity index is 336. The lowest BCUT2D eigenvalue weighted by Crippen LogP contribution is -2.43. The van der Waals surface area contributed by atoms with Crippen molar-refractivity contribution < 1.29 is 4.74 Å². The molecule has 0 radical (unpaired) electrons. The van der Waals surface area contributed by atoms with Crippen molar-refractivity contribution >= 4 is 0 Å². The molecule has 1 aromatic rings. The van der Waals surface area contributed by atoms with Gasteiger partial charge in [-0.25, -0.2) is 0 Å². The van der Waals surface area contributed by atoms with Gasteiger partial charge < -0.3 is 10.1 Å². The fourth-order valence-electron chi connectivity index (χ4n) is 2.36. The van der Waals surface area contributed by atoms with E-state index in [-0.39, 0.29) is 6.10 Å². The van der Waals surface area contributed by atoms with Crippen LogP contribution < -0.4 is 5.32 Å². The summed E-state index contributed by atoms with van der Waals surface area (Å²) in [4.78, 5) is 0. The highest BCUT2D eigenvalue weighted by molar-refractivity contribution is 5.04. The van der Waals surface area contributed by atoms with Gasteiger partial charge in [0, 0.05) is 25.9 Å². The summed E-state index contributed by atoms with van der Waals surface area (Å²) >= 11 is 0. The third kappa shape index (κ3) is 4.42. The zero-order valence-electron chi connectivity index (χ0n) is 12.3. The number of aryl methyl sites for hydroxylation is 2. The van der Waals surface area contributed by atoms with Crippen molar-refractivity contribution in [2.24, 2.45) is 13.0 Å². The first-order valence-corrected chi connectivity index (χ1v) is 6.84. The largest absolute Gasteiger partial charge is 0.377 e. The Morgan fingerprint density at radius 1 is 1.44 bits per heavy atom. The molecule has 1 heterocycles. The van der Waals surface area contributed by atoms with Gasteiger partial charge >= 0.3 is 0 Å². The van der Waals surface area contributed by atoms with Crippen molar-refractivity contribution in [3.63, 3.8) is 0 Å². The molecule has 4 nitrogen and oxygen atoms in total. The molecule has 0 saturated heterocycles. The number of nitrogens with one attached hydrogen (secondary N) is 1. The van der Waals surface area contributed by atoms with E-state index in [1.165, 1.54) is 5.56 Å². The van der Waals surface area contributed by atoms with Gasteiger partial charge in [0.2, 0.25) is 0 Å². The fraction of sp³-hybridized carbons (Fsp3) is 0.786. The Hall–Kier alpha value is -0.870. The van der Waals surface area contributed by atoms with E-state index >= 15 is 0 Å². The molecule has 0 aliphatic heterocycles. The first-order chi connectivity index (χ1) is 8.58. The maximum atomic E-state index is 5.87. The summed E-state index contributed by atoms with van der Waals surface area (Å²) in [5.74, 6) is 0.524. The third-order valence-corrected chi connectivity index (χ3v) is 3.29. The van der Waals surface area contributed by atoms with Crippen LogP contribution in [0.4, 0.5) is 0 Å². The average Bonchev–Trinajstić information content (AvgIpc) is 2.74. The van der Waals surface area contributed by atoms with E-state index in [2.05, 4.69) is 37.4 Å². The van der Waals surface area contributed by atoms with Gasteiger partial charge in [0.1, 0.15) is 0 Å². The van der Waals surface area contributed by atoms with Gasteiger partial charge in [-0.1, -0.05) is 13.8 Å². The van der Waals surface area contributed by atoms with Gasteiger partial charge in [0.25, 0.3) is 0 Å². The zero-order chi connectivity index (χ0) is 13.5. The second kappa shape index (κ2) is 7.54. The predicted molar refractivity (Wildman–Crippen MR) is 74.6 cm³/mol. The van der Waals surface area contributed by atoms with E-state index in [4.69, 9.17) is 4.74 Å². The molecule has 104 valence electrons. The molecule has 0 bridgehead atoms. The molecule has 0 fully saturated rings. The molecule has 18 heavy (non-hydrogen) atoms. The minimum atomic E-state index is 0.275. The van der Waals surface area contributed by atoms with E-state index in [1.54, 1.807) is 0 Å². The maximum Gasteiger partial charge on any atom is 0.0750 e. The Morgan fingerprint density at radius 2 is 2.17 bits per heavy atom. The molecule has 0 amide bonds. The topological polar surface area (TPSA) is 39.1 Å². The van der Waals surface area contributed by atoms with E-state index in [1.807, 2.05) is 25.0 Å². The highest BCUT2D eigenvalue weighted by Crippen LogP contribution is 2.16. The zero-order valence-corrected chi connectivity index (χ0v) is 12.3. The van der Waals surface area contributed by atoms with Crippen molar-refractivity contribution in [3.8, 4) is 0 Å². The highest BCUT2D eigenvalue weighted by atomic mass is 16.5. The molecular weight excluding hydrogens is 226 g/mol. The third-order valence-electron chi connectivity index (χ3n) is 3.29. The van der Waals surface area contributed by atoms with Crippen LogP contribution in [0.3, 0.4) is 0 Å². The number of hydrogen-bond acceptors (Lipinski definition) is 3. The minimum Gasteiger partial charge on any atom is -0.377 e. The number of hydrogen-bond donors (Lipinski definition) is 1. The fourth-order valence-corrected chi connectivity index (χ4v) is 2.36. The summed E-state index contributed by atoms with van der Waals surface area (Å²) in [6.07, 6.45) is 6.41. The number of nitrogens with zero attached hydrogens (tertiary/aromatic N) is 2. The Kier molecular flexibility index (Phi) is 6.36. The number of likely N-dealkylation sites (N-methyl/N-ethyl adjacent to an activating group) is 1. The molecule has 1 aromatic heterocycles. The normalized spacial score (nSPS) is 15.0. The summed E-state index contributed by atoms with van der Waals surface area (Å²) in [7, 11) is 3.97.